The lowest BCUT2D eigenvalue weighted by atomic mass is 10.0. The molecule has 5 heterocycles. The van der Waals surface area contributed by atoms with Gasteiger partial charge < -0.3 is 24.5 Å². The first-order valence-electron chi connectivity index (χ1n) is 14.7. The third-order valence-electron chi connectivity index (χ3n) is 8.88. The SMILES string of the molecule is COC(=O)c1cc(-c2ncnn3cc(CN4C(=O)C5C(C4=O)C5(C)C)cc23)c2c(ccn2CC2CNCCO2)c1.O=C(O)C(F)(F)F. The molecule has 4 aromatic rings. The molecule has 7 rings (SSSR count). The van der Waals surface area contributed by atoms with E-state index in [9.17, 15) is 27.6 Å². The van der Waals surface area contributed by atoms with E-state index in [0.29, 0.717) is 29.9 Å². The van der Waals surface area contributed by atoms with Gasteiger partial charge in [-0.25, -0.2) is 19.1 Å². The van der Waals surface area contributed by atoms with E-state index in [4.69, 9.17) is 19.4 Å². The standard InChI is InChI=1S/C29H30N6O5.C2HF3O2/c1-29(2)22-23(29)27(37)34(26(22)36)12-16-8-21-24(31-15-32-35(21)13-16)20-10-18(28(38)39-3)9-17-4-6-33(25(17)20)14-19-11-30-5-7-40-19;3-2(4,5)1(6)7/h4,6,8-10,13,15,19,22-23,30H,5,7,11-12,14H2,1-3H3;(H,6,7). The second-order valence-electron chi connectivity index (χ2n) is 12.2. The summed E-state index contributed by atoms with van der Waals surface area (Å²) in [6.07, 6.45) is 0.202. The third-order valence-corrected chi connectivity index (χ3v) is 8.88. The number of imide groups is 1. The van der Waals surface area contributed by atoms with Crippen molar-refractivity contribution in [2.45, 2.75) is 39.2 Å². The Morgan fingerprint density at radius 1 is 1.17 bits per heavy atom. The van der Waals surface area contributed by atoms with Crippen LogP contribution in [0.15, 0.2) is 43.0 Å². The van der Waals surface area contributed by atoms with Crippen LogP contribution in [-0.2, 0) is 36.9 Å². The number of hydrogen-bond acceptors (Lipinski definition) is 9. The summed E-state index contributed by atoms with van der Waals surface area (Å²) in [5.74, 6) is -3.86. The molecule has 3 atom stereocenters. The van der Waals surface area contributed by atoms with Crippen LogP contribution in [0.4, 0.5) is 13.2 Å². The topological polar surface area (TPSA) is 157 Å². The van der Waals surface area contributed by atoms with E-state index in [0.717, 1.165) is 35.1 Å². The molecule has 3 fully saturated rings. The largest absolute Gasteiger partial charge is 0.490 e. The summed E-state index contributed by atoms with van der Waals surface area (Å²) in [5.41, 5.74) is 3.93. The van der Waals surface area contributed by atoms with Crippen molar-refractivity contribution in [2.24, 2.45) is 17.3 Å². The van der Waals surface area contributed by atoms with Crippen LogP contribution in [0.1, 0.15) is 29.8 Å². The number of likely N-dealkylation sites (tertiary alicyclic amines) is 1. The molecule has 0 radical (unpaired) electrons. The highest BCUT2D eigenvalue weighted by Crippen LogP contribution is 2.63. The number of carbonyl (C=O) groups is 4. The Morgan fingerprint density at radius 2 is 1.87 bits per heavy atom. The van der Waals surface area contributed by atoms with Crippen molar-refractivity contribution in [3.05, 3.63) is 54.1 Å². The van der Waals surface area contributed by atoms with E-state index in [2.05, 4.69) is 20.0 Å². The Balaban J connectivity index is 0.000000499. The smallest absolute Gasteiger partial charge is 0.475 e. The zero-order valence-electron chi connectivity index (χ0n) is 25.6. The molecule has 2 aliphatic heterocycles. The van der Waals surface area contributed by atoms with Crippen LogP contribution in [-0.4, -0.2) is 92.0 Å². The number of aromatic nitrogens is 4. The number of halogens is 3. The van der Waals surface area contributed by atoms with E-state index in [1.807, 2.05) is 44.4 Å². The maximum atomic E-state index is 12.9. The van der Waals surface area contributed by atoms with Crippen LogP contribution in [0.5, 0.6) is 0 Å². The third kappa shape index (κ3) is 5.82. The Morgan fingerprint density at radius 3 is 2.49 bits per heavy atom. The second kappa shape index (κ2) is 11.8. The normalized spacial score (nSPS) is 21.8. The number of hydrogen-bond donors (Lipinski definition) is 2. The van der Waals surface area contributed by atoms with Crippen LogP contribution in [0, 0.1) is 17.3 Å². The Labute approximate surface area is 265 Å². The quantitative estimate of drug-likeness (QED) is 0.234. The molecular formula is C31H31F3N6O7. The van der Waals surface area contributed by atoms with E-state index < -0.39 is 18.1 Å². The highest BCUT2D eigenvalue weighted by Gasteiger charge is 2.72. The predicted molar refractivity (Wildman–Crippen MR) is 158 cm³/mol. The molecule has 248 valence electrons. The summed E-state index contributed by atoms with van der Waals surface area (Å²) in [7, 11) is 1.36. The Kier molecular flexibility index (Phi) is 8.04. The fourth-order valence-corrected chi connectivity index (χ4v) is 6.49. The Bertz CT molecular complexity index is 1890. The fraction of sp³-hybridized carbons (Fsp3) is 0.419. The highest BCUT2D eigenvalue weighted by atomic mass is 19.4. The van der Waals surface area contributed by atoms with E-state index in [-0.39, 0.29) is 41.7 Å². The minimum absolute atomic E-state index is 0.00882. The zero-order valence-corrected chi connectivity index (χ0v) is 25.6. The van der Waals surface area contributed by atoms with Gasteiger partial charge in [0.25, 0.3) is 0 Å². The van der Waals surface area contributed by atoms with Gasteiger partial charge in [-0.15, -0.1) is 0 Å². The van der Waals surface area contributed by atoms with Crippen molar-refractivity contribution >= 4 is 40.2 Å². The number of carboxylic acid groups (broad SMARTS) is 1. The number of alkyl halides is 3. The monoisotopic (exact) mass is 656 g/mol. The molecule has 1 saturated carbocycles. The van der Waals surface area contributed by atoms with Crippen molar-refractivity contribution in [1.29, 1.82) is 0 Å². The molecule has 16 heteroatoms. The molecule has 1 aromatic carbocycles. The number of rotatable bonds is 6. The van der Waals surface area contributed by atoms with Gasteiger partial charge in [0, 0.05) is 36.4 Å². The van der Waals surface area contributed by atoms with Crippen molar-refractivity contribution < 1.29 is 46.9 Å². The van der Waals surface area contributed by atoms with E-state index in [1.165, 1.54) is 18.3 Å². The molecule has 3 unspecified atom stereocenters. The predicted octanol–water partition coefficient (Wildman–Crippen LogP) is 2.90. The van der Waals surface area contributed by atoms with Gasteiger partial charge in [0.05, 0.1) is 67.0 Å². The van der Waals surface area contributed by atoms with Gasteiger partial charge in [-0.3, -0.25) is 14.5 Å². The number of piperidine rings is 1. The average Bonchev–Trinajstić information content (AvgIpc) is 3.38. The summed E-state index contributed by atoms with van der Waals surface area (Å²) in [6.45, 7) is 7.00. The number of amides is 2. The molecule has 2 saturated heterocycles. The van der Waals surface area contributed by atoms with Crippen molar-refractivity contribution in [3.63, 3.8) is 0 Å². The molecule has 3 aliphatic rings. The summed E-state index contributed by atoms with van der Waals surface area (Å²) >= 11 is 0. The molecule has 13 nitrogen and oxygen atoms in total. The van der Waals surface area contributed by atoms with Gasteiger partial charge in [-0.05, 0) is 35.2 Å². The molecular weight excluding hydrogens is 625 g/mol. The maximum Gasteiger partial charge on any atom is 0.490 e. The molecule has 0 bridgehead atoms. The number of benzene rings is 1. The number of carbonyl (C=O) groups excluding carboxylic acids is 3. The number of nitrogens with zero attached hydrogens (tertiary/aromatic N) is 5. The van der Waals surface area contributed by atoms with Crippen molar-refractivity contribution in [1.82, 2.24) is 29.4 Å². The van der Waals surface area contributed by atoms with Gasteiger partial charge in [0.1, 0.15) is 6.33 Å². The first-order chi connectivity index (χ1) is 22.2. The van der Waals surface area contributed by atoms with Gasteiger partial charge >= 0.3 is 18.1 Å². The van der Waals surface area contributed by atoms with E-state index in [1.54, 1.807) is 10.6 Å². The number of methoxy groups -OCH3 is 1. The molecule has 1 aliphatic carbocycles. The van der Waals surface area contributed by atoms with Gasteiger partial charge in [-0.2, -0.15) is 18.3 Å². The number of carboxylic acids is 1. The molecule has 2 amide bonds. The summed E-state index contributed by atoms with van der Waals surface area (Å²) < 4.78 is 46.6. The highest BCUT2D eigenvalue weighted by molar-refractivity contribution is 6.10. The number of ether oxygens (including phenoxy) is 2. The lowest BCUT2D eigenvalue weighted by Crippen LogP contribution is -2.40. The summed E-state index contributed by atoms with van der Waals surface area (Å²) in [6, 6.07) is 7.49. The van der Waals surface area contributed by atoms with Crippen LogP contribution >= 0.6 is 0 Å². The number of aliphatic carboxylic acids is 1. The van der Waals surface area contributed by atoms with Gasteiger partial charge in [0.2, 0.25) is 11.8 Å². The molecule has 2 N–H and O–H groups in total. The zero-order chi connectivity index (χ0) is 33.8. The molecule has 3 aromatic heterocycles. The van der Waals surface area contributed by atoms with Crippen molar-refractivity contribution in [2.75, 3.05) is 26.8 Å². The molecule has 0 spiro atoms. The van der Waals surface area contributed by atoms with Crippen LogP contribution in [0.25, 0.3) is 27.7 Å². The fourth-order valence-electron chi connectivity index (χ4n) is 6.49. The minimum Gasteiger partial charge on any atom is -0.475 e. The number of morpholine rings is 1. The lowest BCUT2D eigenvalue weighted by molar-refractivity contribution is -0.192. The number of fused-ring (bicyclic) bond motifs is 3. The lowest BCUT2D eigenvalue weighted by Gasteiger charge is -2.24. The maximum absolute atomic E-state index is 12.9. The summed E-state index contributed by atoms with van der Waals surface area (Å²) in [4.78, 5) is 53.4. The van der Waals surface area contributed by atoms with Gasteiger partial charge in [0.15, 0.2) is 0 Å². The molecule has 47 heavy (non-hydrogen) atoms. The second-order valence-corrected chi connectivity index (χ2v) is 12.2. The first-order valence-corrected chi connectivity index (χ1v) is 14.7. The van der Waals surface area contributed by atoms with Crippen LogP contribution < -0.4 is 5.32 Å². The average molecular weight is 657 g/mol. The minimum atomic E-state index is -5.08. The van der Waals surface area contributed by atoms with Gasteiger partial charge in [-0.1, -0.05) is 13.8 Å². The van der Waals surface area contributed by atoms with Crippen molar-refractivity contribution in [3.8, 4) is 11.3 Å². The Hall–Kier alpha value is -4.83. The number of nitrogens with one attached hydrogen (secondary N) is 1. The van der Waals surface area contributed by atoms with Crippen LogP contribution in [0.3, 0.4) is 0 Å². The number of esters is 1. The van der Waals surface area contributed by atoms with Crippen LogP contribution in [0.2, 0.25) is 0 Å². The summed E-state index contributed by atoms with van der Waals surface area (Å²) in [5, 5.41) is 15.8. The van der Waals surface area contributed by atoms with E-state index >= 15 is 0 Å². The first kappa shape index (κ1) is 32.1.